The van der Waals surface area contributed by atoms with Crippen molar-refractivity contribution in [2.75, 3.05) is 0 Å². The highest BCUT2D eigenvalue weighted by atomic mass is 79.9. The summed E-state index contributed by atoms with van der Waals surface area (Å²) in [7, 11) is 0. The molecule has 0 aromatic heterocycles. The van der Waals surface area contributed by atoms with Crippen LogP contribution < -0.4 is 5.32 Å². The number of benzene rings is 2. The summed E-state index contributed by atoms with van der Waals surface area (Å²) in [5, 5.41) is 3.54. The van der Waals surface area contributed by atoms with Crippen LogP contribution in [0.25, 0.3) is 0 Å². The molecule has 0 bridgehead atoms. The Labute approximate surface area is 127 Å². The highest BCUT2D eigenvalue weighted by Crippen LogP contribution is 2.38. The van der Waals surface area contributed by atoms with Gasteiger partial charge in [0.25, 0.3) is 0 Å². The minimum absolute atomic E-state index is 0.0667. The van der Waals surface area contributed by atoms with Gasteiger partial charge in [0.2, 0.25) is 0 Å². The largest absolute Gasteiger partial charge is 0.310 e. The fourth-order valence-electron chi connectivity index (χ4n) is 2.75. The zero-order valence-corrected chi connectivity index (χ0v) is 12.7. The fraction of sp³-hybridized carbons (Fsp3) is 0.294. The molecule has 0 heterocycles. The summed E-state index contributed by atoms with van der Waals surface area (Å²) in [4.78, 5) is 0. The Morgan fingerprint density at radius 2 is 1.90 bits per heavy atom. The molecule has 1 saturated carbocycles. The normalized spacial score (nSPS) is 21.5. The van der Waals surface area contributed by atoms with Crippen molar-refractivity contribution in [1.82, 2.24) is 5.32 Å². The van der Waals surface area contributed by atoms with E-state index >= 15 is 0 Å². The molecule has 3 heteroatoms. The third-order valence-electron chi connectivity index (χ3n) is 3.97. The third-order valence-corrected chi connectivity index (χ3v) is 4.46. The van der Waals surface area contributed by atoms with Gasteiger partial charge in [-0.15, -0.1) is 0 Å². The average molecular weight is 334 g/mol. The molecule has 0 radical (unpaired) electrons. The van der Waals surface area contributed by atoms with Crippen LogP contribution in [0.2, 0.25) is 0 Å². The predicted octanol–water partition coefficient (Wildman–Crippen LogP) is 4.62. The maximum Gasteiger partial charge on any atom is 0.126 e. The van der Waals surface area contributed by atoms with Crippen LogP contribution in [0.3, 0.4) is 0 Å². The summed E-state index contributed by atoms with van der Waals surface area (Å²) in [6, 6.07) is 15.9. The van der Waals surface area contributed by atoms with Crippen molar-refractivity contribution in [3.8, 4) is 0 Å². The van der Waals surface area contributed by atoms with Gasteiger partial charge in [-0.05, 0) is 48.1 Å². The topological polar surface area (TPSA) is 12.0 Å². The second-order valence-corrected chi connectivity index (χ2v) is 6.31. The molecule has 1 aliphatic rings. The van der Waals surface area contributed by atoms with E-state index in [2.05, 4.69) is 33.4 Å². The monoisotopic (exact) mass is 333 g/mol. The second-order valence-electron chi connectivity index (χ2n) is 5.40. The van der Waals surface area contributed by atoms with Gasteiger partial charge < -0.3 is 5.32 Å². The Morgan fingerprint density at radius 3 is 2.65 bits per heavy atom. The highest BCUT2D eigenvalue weighted by molar-refractivity contribution is 9.10. The van der Waals surface area contributed by atoms with Crippen LogP contribution in [0.1, 0.15) is 29.9 Å². The third kappa shape index (κ3) is 3.10. The van der Waals surface area contributed by atoms with Crippen molar-refractivity contribution in [1.29, 1.82) is 0 Å². The molecule has 1 N–H and O–H groups in total. The smallest absolute Gasteiger partial charge is 0.126 e. The van der Waals surface area contributed by atoms with E-state index in [0.29, 0.717) is 12.0 Å². The first-order valence-electron chi connectivity index (χ1n) is 6.94. The molecule has 0 spiro atoms. The standard InChI is InChI=1S/C17H17BrFN/c18-14-5-3-4-12(8-14)11-20-15-9-13(10-15)16-6-1-2-7-17(16)19/h1-8,13,15,20H,9-11H2. The molecule has 0 saturated heterocycles. The molecule has 0 unspecified atom stereocenters. The van der Waals surface area contributed by atoms with E-state index in [4.69, 9.17) is 0 Å². The van der Waals surface area contributed by atoms with Crippen molar-refractivity contribution in [3.63, 3.8) is 0 Å². The molecule has 1 fully saturated rings. The van der Waals surface area contributed by atoms with Gasteiger partial charge in [-0.25, -0.2) is 4.39 Å². The number of nitrogens with one attached hydrogen (secondary N) is 1. The van der Waals surface area contributed by atoms with E-state index in [1.54, 1.807) is 12.1 Å². The van der Waals surface area contributed by atoms with E-state index in [0.717, 1.165) is 29.4 Å². The van der Waals surface area contributed by atoms with Crippen molar-refractivity contribution in [3.05, 3.63) is 69.9 Å². The van der Waals surface area contributed by atoms with E-state index in [-0.39, 0.29) is 5.82 Å². The molecule has 2 aromatic carbocycles. The van der Waals surface area contributed by atoms with Crippen LogP contribution in [0.5, 0.6) is 0 Å². The van der Waals surface area contributed by atoms with Crippen LogP contribution in [0.4, 0.5) is 4.39 Å². The van der Waals surface area contributed by atoms with Gasteiger partial charge in [0.1, 0.15) is 5.82 Å². The Kier molecular flexibility index (Phi) is 4.18. The van der Waals surface area contributed by atoms with Crippen LogP contribution in [0.15, 0.2) is 53.0 Å². The van der Waals surface area contributed by atoms with Crippen molar-refractivity contribution in [2.24, 2.45) is 0 Å². The van der Waals surface area contributed by atoms with Gasteiger partial charge >= 0.3 is 0 Å². The molecule has 2 aromatic rings. The SMILES string of the molecule is Fc1ccccc1C1CC(NCc2cccc(Br)c2)C1. The summed E-state index contributed by atoms with van der Waals surface area (Å²) in [5.41, 5.74) is 2.14. The van der Waals surface area contributed by atoms with Crippen LogP contribution in [-0.4, -0.2) is 6.04 Å². The maximum absolute atomic E-state index is 13.7. The Balaban J connectivity index is 1.50. The first-order valence-corrected chi connectivity index (χ1v) is 7.74. The molecule has 3 rings (SSSR count). The Morgan fingerprint density at radius 1 is 1.10 bits per heavy atom. The number of hydrogen-bond acceptors (Lipinski definition) is 1. The minimum Gasteiger partial charge on any atom is -0.310 e. The van der Waals surface area contributed by atoms with Crippen molar-refractivity contribution < 1.29 is 4.39 Å². The van der Waals surface area contributed by atoms with Crippen LogP contribution >= 0.6 is 15.9 Å². The first-order chi connectivity index (χ1) is 9.72. The lowest BCUT2D eigenvalue weighted by atomic mass is 9.75. The molecule has 0 amide bonds. The van der Waals surface area contributed by atoms with E-state index in [1.165, 1.54) is 5.56 Å². The lowest BCUT2D eigenvalue weighted by Gasteiger charge is -2.36. The summed E-state index contributed by atoms with van der Waals surface area (Å²) in [5.74, 6) is 0.305. The van der Waals surface area contributed by atoms with E-state index in [1.807, 2.05) is 24.3 Å². The lowest BCUT2D eigenvalue weighted by molar-refractivity contribution is 0.284. The van der Waals surface area contributed by atoms with Crippen LogP contribution in [0, 0.1) is 5.82 Å². The van der Waals surface area contributed by atoms with E-state index < -0.39 is 0 Å². The molecule has 104 valence electrons. The van der Waals surface area contributed by atoms with E-state index in [9.17, 15) is 4.39 Å². The maximum atomic E-state index is 13.7. The Bertz CT molecular complexity index is 593. The highest BCUT2D eigenvalue weighted by Gasteiger charge is 2.31. The predicted molar refractivity (Wildman–Crippen MR) is 83.1 cm³/mol. The van der Waals surface area contributed by atoms with Gasteiger partial charge in [-0.1, -0.05) is 46.3 Å². The Hall–Kier alpha value is -1.19. The van der Waals surface area contributed by atoms with Crippen molar-refractivity contribution >= 4 is 15.9 Å². The van der Waals surface area contributed by atoms with Crippen LogP contribution in [-0.2, 0) is 6.54 Å². The molecular formula is C17H17BrFN. The second kappa shape index (κ2) is 6.06. The van der Waals surface area contributed by atoms with Gasteiger partial charge in [0, 0.05) is 17.1 Å². The number of hydrogen-bond donors (Lipinski definition) is 1. The van der Waals surface area contributed by atoms with Gasteiger partial charge in [-0.2, -0.15) is 0 Å². The fourth-order valence-corrected chi connectivity index (χ4v) is 3.20. The van der Waals surface area contributed by atoms with Gasteiger partial charge in [0.15, 0.2) is 0 Å². The summed E-state index contributed by atoms with van der Waals surface area (Å²) in [6.45, 7) is 0.869. The summed E-state index contributed by atoms with van der Waals surface area (Å²) in [6.07, 6.45) is 2.05. The lowest BCUT2D eigenvalue weighted by Crippen LogP contribution is -2.39. The zero-order valence-electron chi connectivity index (χ0n) is 11.2. The minimum atomic E-state index is -0.0667. The molecule has 1 nitrogen and oxygen atoms in total. The first kappa shape index (κ1) is 13.8. The van der Waals surface area contributed by atoms with Gasteiger partial charge in [-0.3, -0.25) is 0 Å². The molecule has 0 aliphatic heterocycles. The molecule has 0 atom stereocenters. The zero-order chi connectivity index (χ0) is 13.9. The molecular weight excluding hydrogens is 317 g/mol. The summed E-state index contributed by atoms with van der Waals surface area (Å²) >= 11 is 3.48. The van der Waals surface area contributed by atoms with Crippen molar-refractivity contribution in [2.45, 2.75) is 31.3 Å². The number of halogens is 2. The number of rotatable bonds is 4. The van der Waals surface area contributed by atoms with Gasteiger partial charge in [0.05, 0.1) is 0 Å². The summed E-state index contributed by atoms with van der Waals surface area (Å²) < 4.78 is 14.8. The average Bonchev–Trinajstić information content (AvgIpc) is 2.39. The quantitative estimate of drug-likeness (QED) is 0.860. The molecule has 20 heavy (non-hydrogen) atoms. The molecule has 1 aliphatic carbocycles.